The van der Waals surface area contributed by atoms with Crippen LogP contribution < -0.4 is 51.4 Å². The van der Waals surface area contributed by atoms with Crippen molar-refractivity contribution in [3.05, 3.63) is 135 Å². The van der Waals surface area contributed by atoms with E-state index < -0.39 is 5.97 Å². The van der Waals surface area contributed by atoms with Gasteiger partial charge in [0.25, 0.3) is 0 Å². The van der Waals surface area contributed by atoms with Crippen molar-refractivity contribution in [2.24, 2.45) is 35.5 Å². The number of carbonyl (C=O) groups is 8. The number of halogens is 4. The average Bonchev–Trinajstić information content (AvgIpc) is 1.64. The van der Waals surface area contributed by atoms with E-state index in [-0.39, 0.29) is 91.5 Å². The van der Waals surface area contributed by atoms with Crippen molar-refractivity contribution >= 4 is 111 Å². The Morgan fingerprint density at radius 1 is 0.670 bits per heavy atom. The summed E-state index contributed by atoms with van der Waals surface area (Å²) in [6, 6.07) is 14.3. The van der Waals surface area contributed by atoms with Crippen LogP contribution in [0.4, 0.5) is 0 Å². The Balaban J connectivity index is 0.000000380. The molecule has 6 saturated heterocycles. The minimum Gasteiger partial charge on any atom is -0.870 e. The molecule has 0 amide bonds. The van der Waals surface area contributed by atoms with Gasteiger partial charge in [0.05, 0.1) is 80.6 Å². The van der Waals surface area contributed by atoms with E-state index in [0.29, 0.717) is 94.0 Å². The van der Waals surface area contributed by atoms with Crippen LogP contribution in [0.5, 0.6) is 0 Å². The molecular formula is C68H88BrCl3KN3O18. The second-order valence-electron chi connectivity index (χ2n) is 21.9. The number of hydrogen-bond acceptors (Lipinski definition) is 18. The number of fused-ring (bicyclic) bond motifs is 2. The molecule has 5 aromatic rings. The van der Waals surface area contributed by atoms with Gasteiger partial charge in [0.15, 0.2) is 0 Å². The van der Waals surface area contributed by atoms with Crippen LogP contribution in [0.25, 0.3) is 11.0 Å². The molecule has 0 aliphatic carbocycles. The van der Waals surface area contributed by atoms with Crippen LogP contribution in [-0.4, -0.2) is 171 Å². The number of aromatic carboxylic acids is 1. The number of rotatable bonds is 20. The van der Waals surface area contributed by atoms with E-state index in [0.717, 1.165) is 179 Å². The molecule has 6 aliphatic rings. The van der Waals surface area contributed by atoms with Gasteiger partial charge in [-0.25, -0.2) is 9.59 Å². The number of carboxylic acid groups (broad SMARTS) is 1. The van der Waals surface area contributed by atoms with E-state index in [1.165, 1.54) is 6.08 Å². The molecule has 7 atom stereocenters. The molecule has 0 spiro atoms. The molecule has 6 fully saturated rings. The predicted molar refractivity (Wildman–Crippen MR) is 356 cm³/mol. The Morgan fingerprint density at radius 2 is 1.15 bits per heavy atom. The second-order valence-corrected chi connectivity index (χ2v) is 24.3. The molecule has 7 unspecified atom stereocenters. The number of alkyl halides is 1. The zero-order chi connectivity index (χ0) is 66.9. The zero-order valence-electron chi connectivity index (χ0n) is 53.9. The number of hydrogen-bond donors (Lipinski definition) is 1. The van der Waals surface area contributed by atoms with Crippen LogP contribution in [0.1, 0.15) is 109 Å². The summed E-state index contributed by atoms with van der Waals surface area (Å²) in [7, 11) is 0. The van der Waals surface area contributed by atoms with Crippen LogP contribution in [0, 0.1) is 35.5 Å². The minimum absolute atomic E-state index is 0. The summed E-state index contributed by atoms with van der Waals surface area (Å²) in [5.74, 6) is 1.32. The third kappa shape index (κ3) is 31.9. The molecular weight excluding hydrogens is 1370 g/mol. The van der Waals surface area contributed by atoms with Gasteiger partial charge in [0.2, 0.25) is 0 Å². The smallest absolute Gasteiger partial charge is 0.870 e. The number of ether oxygens (including phenoxy) is 8. The molecule has 512 valence electrons. The van der Waals surface area contributed by atoms with Gasteiger partial charge < -0.3 is 71.7 Å². The Bertz CT molecular complexity index is 3050. The van der Waals surface area contributed by atoms with Crippen molar-refractivity contribution in [2.45, 2.75) is 95.7 Å². The molecule has 0 aromatic carbocycles. The van der Waals surface area contributed by atoms with Gasteiger partial charge >= 0.3 is 69.3 Å². The first-order valence-electron chi connectivity index (χ1n) is 31.0. The number of allylic oxidation sites excluding steroid dienone is 2. The molecule has 6 aliphatic heterocycles. The third-order valence-electron chi connectivity index (χ3n) is 15.0. The summed E-state index contributed by atoms with van der Waals surface area (Å²) in [5.41, 5.74) is 4.71. The molecule has 2 N–H and O–H groups in total. The number of pyridine rings is 3. The summed E-state index contributed by atoms with van der Waals surface area (Å²) in [4.78, 5) is 87.4. The van der Waals surface area contributed by atoms with E-state index in [9.17, 15) is 38.7 Å². The van der Waals surface area contributed by atoms with E-state index in [1.807, 2.05) is 45.5 Å². The number of carboxylic acids is 1. The molecule has 94 heavy (non-hydrogen) atoms. The van der Waals surface area contributed by atoms with E-state index >= 15 is 0 Å². The van der Waals surface area contributed by atoms with Crippen LogP contribution in [0.3, 0.4) is 0 Å². The summed E-state index contributed by atoms with van der Waals surface area (Å²) in [6.45, 7) is 17.0. The standard InChI is InChI=1S/C16H18ClNO3.C14H14ClNO3.C9H10ClNO2.C7H11BrO2.C7H12O2.C7H10O2.C5H8O2.C3H4O.K.H2O/c1-2-21-16(19)13-9-12(8-11-5-7-20-10-11)18-6-3-4-14(17)15(13)18;15-12-2-1-4-16-10(6-9-3-5-19-8-9)7-11(13(12)16)14(17)18;1-2-13-9(12)6-8-7(10)4-3-5-11-8;8-7(4-9)3-6-1-2-10-5-6;2*8-4-1-2-7-3-5-9-6-7;6-3-5-1-2-7-4-5;1-2-3-4;;/h3-4,6,9,11H,2,5,7-8,10H2,1H3;1-2,4,7,9H,3,5-6,8H2,(H,17,18);3-5H,2,6H2,1H3;4,6-7H,1-3,5H2;4,7H,1-3,5-6H2;1-2,4,7H,3,5-6H2;3,5H,1-2,4H2;2-3H,1H2;;1H2/q;;;;;;;;+1;/p-1/b;;;;;2-1+;;;;. The Hall–Kier alpha value is -4.38. The van der Waals surface area contributed by atoms with Crippen LogP contribution in [0.15, 0.2) is 91.9 Å². The number of aromatic nitrogens is 3. The maximum Gasteiger partial charge on any atom is 1.00 e. The van der Waals surface area contributed by atoms with Crippen LogP contribution in [-0.2, 0) is 85.9 Å². The predicted octanol–water partition coefficient (Wildman–Crippen LogP) is 8.63. The first kappa shape index (κ1) is 85.7. The normalized spacial score (nSPS) is 19.9. The van der Waals surface area contributed by atoms with Gasteiger partial charge in [-0.05, 0) is 162 Å². The summed E-state index contributed by atoms with van der Waals surface area (Å²) >= 11 is 21.5. The van der Waals surface area contributed by atoms with Gasteiger partial charge in [0.1, 0.15) is 31.4 Å². The van der Waals surface area contributed by atoms with Crippen LogP contribution in [0.2, 0.25) is 15.1 Å². The second kappa shape index (κ2) is 50.9. The first-order chi connectivity index (χ1) is 44.6. The Labute approximate surface area is 616 Å². The largest absolute Gasteiger partial charge is 1.00 e. The monoisotopic (exact) mass is 1460 g/mol. The quantitative estimate of drug-likeness (QED) is 0.0251. The van der Waals surface area contributed by atoms with Crippen molar-refractivity contribution in [1.29, 1.82) is 0 Å². The maximum absolute atomic E-state index is 12.1. The molecule has 0 radical (unpaired) electrons. The first-order valence-corrected chi connectivity index (χ1v) is 33.0. The molecule has 0 bridgehead atoms. The van der Waals surface area contributed by atoms with E-state index in [4.69, 9.17) is 77.5 Å². The average molecular weight is 1460 g/mol. The fourth-order valence-electron chi connectivity index (χ4n) is 10.2. The fraction of sp³-hybridized carbons (Fsp3) is 0.515. The number of carbonyl (C=O) groups excluding carboxylic acids is 7. The number of esters is 2. The summed E-state index contributed by atoms with van der Waals surface area (Å²) in [6.07, 6.45) is 25.1. The molecule has 0 saturated carbocycles. The number of aldehydes is 5. The molecule has 11 heterocycles. The number of nitrogens with zero attached hydrogens (tertiary/aromatic N) is 3. The summed E-state index contributed by atoms with van der Waals surface area (Å²) < 4.78 is 44.9. The van der Waals surface area contributed by atoms with Gasteiger partial charge in [0, 0.05) is 114 Å². The van der Waals surface area contributed by atoms with Crippen molar-refractivity contribution in [1.82, 2.24) is 13.8 Å². The molecule has 5 aromatic heterocycles. The topological polar surface area (TPSA) is 282 Å². The van der Waals surface area contributed by atoms with Crippen LogP contribution >= 0.6 is 50.7 Å². The Morgan fingerprint density at radius 3 is 1.57 bits per heavy atom. The summed E-state index contributed by atoms with van der Waals surface area (Å²) in [5, 5.41) is 10.8. The van der Waals surface area contributed by atoms with Gasteiger partial charge in [-0.15, -0.1) is 0 Å². The fourth-order valence-corrected chi connectivity index (χ4v) is 11.5. The van der Waals surface area contributed by atoms with Gasteiger partial charge in [-0.1, -0.05) is 63.4 Å². The minimum atomic E-state index is -0.945. The van der Waals surface area contributed by atoms with Crippen molar-refractivity contribution in [3.8, 4) is 0 Å². The van der Waals surface area contributed by atoms with E-state index in [2.05, 4.69) is 27.5 Å². The maximum atomic E-state index is 12.1. The van der Waals surface area contributed by atoms with E-state index in [1.54, 1.807) is 56.5 Å². The third-order valence-corrected chi connectivity index (χ3v) is 16.5. The molecule has 21 nitrogen and oxygen atoms in total. The SMILES string of the molecule is C=CC=O.CCOC(=O)Cc1ncccc1Cl.CCOC(=O)c1cc(CC2CCOC2)n2cccc(Cl)c12.O=C(O)c1cc(CC2CCOC2)n2cccc(Cl)c12.O=C/C=C/C1CCOC1.O=CC(Br)CC1CCOC1.O=CC1CCOC1.O=CCCC1CCOC1.[K+].[OH-]. The zero-order valence-corrected chi connectivity index (χ0v) is 60.9. The molecule has 26 heteroatoms. The van der Waals surface area contributed by atoms with Crippen molar-refractivity contribution in [3.63, 3.8) is 0 Å². The van der Waals surface area contributed by atoms with Gasteiger partial charge in [-0.3, -0.25) is 19.4 Å². The van der Waals surface area contributed by atoms with Gasteiger partial charge in [-0.2, -0.15) is 0 Å². The van der Waals surface area contributed by atoms with Crippen molar-refractivity contribution < 1.29 is 138 Å². The Kier molecular flexibility index (Phi) is 46.4. The molecule has 11 rings (SSSR count). The van der Waals surface area contributed by atoms with Crippen molar-refractivity contribution in [2.75, 3.05) is 92.5 Å².